The fourth-order valence-electron chi connectivity index (χ4n) is 4.10. The molecule has 0 aliphatic carbocycles. The molecule has 0 N–H and O–H groups in total. The van der Waals surface area contributed by atoms with Crippen molar-refractivity contribution in [1.29, 1.82) is 0 Å². The van der Waals surface area contributed by atoms with Crippen molar-refractivity contribution in [3.8, 4) is 17.0 Å². The molecule has 1 atom stereocenters. The lowest BCUT2D eigenvalue weighted by molar-refractivity contribution is -0.150. The first-order valence-corrected chi connectivity index (χ1v) is 11.3. The fraction of sp³-hybridized carbons (Fsp3) is 0.346. The minimum absolute atomic E-state index is 0.0277. The summed E-state index contributed by atoms with van der Waals surface area (Å²) in [5.41, 5.74) is 3.30. The van der Waals surface area contributed by atoms with Gasteiger partial charge in [0.2, 0.25) is 11.8 Å². The predicted molar refractivity (Wildman–Crippen MR) is 125 cm³/mol. The quantitative estimate of drug-likeness (QED) is 0.528. The molecule has 7 heteroatoms. The van der Waals surface area contributed by atoms with E-state index in [4.69, 9.17) is 9.26 Å². The van der Waals surface area contributed by atoms with Crippen molar-refractivity contribution in [2.75, 3.05) is 26.7 Å². The van der Waals surface area contributed by atoms with Crippen LogP contribution in [0.15, 0.2) is 65.2 Å². The van der Waals surface area contributed by atoms with Gasteiger partial charge in [-0.3, -0.25) is 9.59 Å². The molecule has 0 saturated carbocycles. The van der Waals surface area contributed by atoms with E-state index in [1.165, 1.54) is 0 Å². The molecule has 1 aromatic heterocycles. The van der Waals surface area contributed by atoms with Crippen LogP contribution in [0, 0.1) is 0 Å². The molecule has 2 amide bonds. The Morgan fingerprint density at radius 3 is 2.55 bits per heavy atom. The Morgan fingerprint density at radius 2 is 1.82 bits per heavy atom. The molecule has 2 heterocycles. The van der Waals surface area contributed by atoms with Gasteiger partial charge in [0, 0.05) is 45.5 Å². The van der Waals surface area contributed by atoms with Gasteiger partial charge < -0.3 is 19.1 Å². The van der Waals surface area contributed by atoms with Gasteiger partial charge in [-0.05, 0) is 28.8 Å². The summed E-state index contributed by atoms with van der Waals surface area (Å²) >= 11 is 0. The second-order valence-corrected chi connectivity index (χ2v) is 8.19. The predicted octanol–water partition coefficient (Wildman–Crippen LogP) is 3.58. The molecule has 0 radical (unpaired) electrons. The maximum absolute atomic E-state index is 13.1. The lowest BCUT2D eigenvalue weighted by Gasteiger charge is -2.39. The van der Waals surface area contributed by atoms with E-state index >= 15 is 0 Å². The number of carbonyl (C=O) groups excluding carboxylic acids is 2. The fourth-order valence-corrected chi connectivity index (χ4v) is 4.10. The first-order chi connectivity index (χ1) is 16.0. The van der Waals surface area contributed by atoms with Crippen LogP contribution in [0.2, 0.25) is 0 Å². The zero-order valence-corrected chi connectivity index (χ0v) is 19.1. The summed E-state index contributed by atoms with van der Waals surface area (Å²) in [6.45, 7) is 3.43. The molecule has 3 aromatic rings. The minimum atomic E-state index is -0.507. The average Bonchev–Trinajstić information content (AvgIpc) is 3.29. The highest BCUT2D eigenvalue weighted by atomic mass is 16.5. The number of hydrogen-bond donors (Lipinski definition) is 0. The number of ether oxygens (including phenoxy) is 1. The van der Waals surface area contributed by atoms with E-state index in [1.54, 1.807) is 22.9 Å². The van der Waals surface area contributed by atoms with Gasteiger partial charge in [-0.15, -0.1) is 0 Å². The lowest BCUT2D eigenvalue weighted by Crippen LogP contribution is -2.58. The largest absolute Gasteiger partial charge is 0.476 e. The molecular weight excluding hydrogens is 418 g/mol. The minimum Gasteiger partial charge on any atom is -0.476 e. The molecule has 1 aliphatic heterocycles. The summed E-state index contributed by atoms with van der Waals surface area (Å²) in [7, 11) is 1.79. The third-order valence-corrected chi connectivity index (χ3v) is 5.94. The molecule has 172 valence electrons. The van der Waals surface area contributed by atoms with Gasteiger partial charge in [0.15, 0.2) is 0 Å². The lowest BCUT2D eigenvalue weighted by atomic mass is 9.98. The Balaban J connectivity index is 1.43. The summed E-state index contributed by atoms with van der Waals surface area (Å²) in [6.07, 6.45) is 1.15. The van der Waals surface area contributed by atoms with Crippen molar-refractivity contribution in [3.05, 3.63) is 72.0 Å². The van der Waals surface area contributed by atoms with Crippen molar-refractivity contribution in [2.24, 2.45) is 0 Å². The van der Waals surface area contributed by atoms with Crippen LogP contribution in [-0.2, 0) is 22.4 Å². The molecule has 4 rings (SSSR count). The second-order valence-electron chi connectivity index (χ2n) is 8.19. The maximum atomic E-state index is 13.1. The number of piperazine rings is 1. The summed E-state index contributed by atoms with van der Waals surface area (Å²) < 4.78 is 10.5. The third-order valence-electron chi connectivity index (χ3n) is 5.94. The van der Waals surface area contributed by atoms with Gasteiger partial charge in [-0.25, -0.2) is 0 Å². The van der Waals surface area contributed by atoms with Gasteiger partial charge in [-0.1, -0.05) is 54.6 Å². The molecule has 1 aliphatic rings. The van der Waals surface area contributed by atoms with E-state index in [9.17, 15) is 9.59 Å². The van der Waals surface area contributed by atoms with E-state index in [0.717, 1.165) is 16.7 Å². The molecule has 0 bridgehead atoms. The molecule has 33 heavy (non-hydrogen) atoms. The molecule has 1 fully saturated rings. The first kappa shape index (κ1) is 22.6. The number of aromatic nitrogens is 1. The zero-order valence-electron chi connectivity index (χ0n) is 19.1. The van der Waals surface area contributed by atoms with Crippen molar-refractivity contribution in [3.63, 3.8) is 0 Å². The summed E-state index contributed by atoms with van der Waals surface area (Å²) in [5, 5.41) is 3.84. The van der Waals surface area contributed by atoms with Crippen LogP contribution >= 0.6 is 0 Å². The van der Waals surface area contributed by atoms with Crippen LogP contribution in [0.4, 0.5) is 0 Å². The highest BCUT2D eigenvalue weighted by Crippen LogP contribution is 2.22. The average molecular weight is 448 g/mol. The Hall–Kier alpha value is -3.61. The Kier molecular flexibility index (Phi) is 7.07. The topological polar surface area (TPSA) is 75.9 Å². The molecule has 1 saturated heterocycles. The number of benzene rings is 2. The van der Waals surface area contributed by atoms with Gasteiger partial charge >= 0.3 is 0 Å². The molecular formula is C26H29N3O4. The van der Waals surface area contributed by atoms with Crippen molar-refractivity contribution in [2.45, 2.75) is 32.2 Å². The van der Waals surface area contributed by atoms with Crippen LogP contribution in [0.3, 0.4) is 0 Å². The number of nitrogens with zero attached hydrogens (tertiary/aromatic N) is 3. The van der Waals surface area contributed by atoms with Crippen LogP contribution in [0.1, 0.15) is 24.7 Å². The summed E-state index contributed by atoms with van der Waals surface area (Å²) in [6, 6.07) is 19.6. The number of amides is 2. The van der Waals surface area contributed by atoms with Crippen LogP contribution in [0.5, 0.6) is 5.88 Å². The van der Waals surface area contributed by atoms with Gasteiger partial charge in [0.05, 0.1) is 6.61 Å². The number of hydrogen-bond acceptors (Lipinski definition) is 5. The third kappa shape index (κ3) is 5.42. The van der Waals surface area contributed by atoms with E-state index in [0.29, 0.717) is 44.2 Å². The maximum Gasteiger partial charge on any atom is 0.254 e. The molecule has 0 spiro atoms. The Morgan fingerprint density at radius 1 is 1.09 bits per heavy atom. The number of aryl methyl sites for hydroxylation is 1. The van der Waals surface area contributed by atoms with Gasteiger partial charge in [0.25, 0.3) is 5.88 Å². The molecule has 7 nitrogen and oxygen atoms in total. The van der Waals surface area contributed by atoms with Crippen LogP contribution in [-0.4, -0.2) is 59.6 Å². The van der Waals surface area contributed by atoms with Crippen LogP contribution in [0.25, 0.3) is 11.1 Å². The monoisotopic (exact) mass is 447 g/mol. The highest BCUT2D eigenvalue weighted by Gasteiger charge is 2.35. The van der Waals surface area contributed by atoms with Crippen molar-refractivity contribution in [1.82, 2.24) is 15.0 Å². The van der Waals surface area contributed by atoms with Gasteiger partial charge in [0.1, 0.15) is 11.8 Å². The number of rotatable bonds is 8. The Labute approximate surface area is 193 Å². The van der Waals surface area contributed by atoms with E-state index < -0.39 is 6.04 Å². The molecule has 1 unspecified atom stereocenters. The standard InChI is InChI=1S/C26H29N3O4/c1-3-32-24-18-22(33-27-24)13-14-25(30)29-16-15-28(2)26(31)23(29)17-19-9-11-21(12-10-19)20-7-5-4-6-8-20/h4-12,18,23H,3,13-17H2,1-2H3. The second kappa shape index (κ2) is 10.3. The van der Waals surface area contributed by atoms with Crippen LogP contribution < -0.4 is 4.74 Å². The summed E-state index contributed by atoms with van der Waals surface area (Å²) in [4.78, 5) is 29.4. The van der Waals surface area contributed by atoms with E-state index in [-0.39, 0.29) is 18.2 Å². The SMILES string of the molecule is CCOc1cc(CCC(=O)N2CCN(C)C(=O)C2Cc2ccc(-c3ccccc3)cc2)on1. The van der Waals surface area contributed by atoms with Crippen molar-refractivity contribution >= 4 is 11.8 Å². The number of carbonyl (C=O) groups is 2. The highest BCUT2D eigenvalue weighted by molar-refractivity contribution is 5.89. The van der Waals surface area contributed by atoms with Gasteiger partial charge in [-0.2, -0.15) is 0 Å². The first-order valence-electron chi connectivity index (χ1n) is 11.3. The number of likely N-dealkylation sites (N-methyl/N-ethyl adjacent to an activating group) is 1. The normalized spacial score (nSPS) is 16.2. The molecule has 2 aromatic carbocycles. The van der Waals surface area contributed by atoms with E-state index in [2.05, 4.69) is 29.4 Å². The Bertz CT molecular complexity index is 1080. The summed E-state index contributed by atoms with van der Waals surface area (Å²) in [5.74, 6) is 0.934. The smallest absolute Gasteiger partial charge is 0.254 e. The van der Waals surface area contributed by atoms with Crippen molar-refractivity contribution < 1.29 is 18.8 Å². The van der Waals surface area contributed by atoms with E-state index in [1.807, 2.05) is 37.3 Å². The zero-order chi connectivity index (χ0) is 23.2.